The molecule has 390 valence electrons. The van der Waals surface area contributed by atoms with Gasteiger partial charge >= 0.3 is 43.0 Å². The van der Waals surface area contributed by atoms with Gasteiger partial charge in [0.25, 0.3) is 11.5 Å². The zero-order valence-electron chi connectivity index (χ0n) is 36.1. The van der Waals surface area contributed by atoms with Gasteiger partial charge in [-0.3, -0.25) is 41.9 Å². The third-order valence-corrected chi connectivity index (χ3v) is 16.0. The summed E-state index contributed by atoms with van der Waals surface area (Å²) in [7, 11) is -21.5. The third-order valence-electron chi connectivity index (χ3n) is 10.7. The Hall–Kier alpha value is -4.55. The van der Waals surface area contributed by atoms with Crippen molar-refractivity contribution in [3.8, 4) is 0 Å². The fraction of sp³-hybridized carbons (Fsp3) is 0.516. The minimum absolute atomic E-state index is 0.0124. The lowest BCUT2D eigenvalue weighted by Crippen LogP contribution is -2.49. The van der Waals surface area contributed by atoms with Crippen LogP contribution in [0.5, 0.6) is 0 Å². The number of phosphoric ester groups is 3. The maximum Gasteiger partial charge on any atom is 0.490 e. The molecule has 2 amide bonds. The Kier molecular flexibility index (Phi) is 14.6. The molecule has 3 fully saturated rings. The molecule has 4 aromatic rings. The number of imidazole rings is 2. The van der Waals surface area contributed by atoms with Crippen molar-refractivity contribution < 1.29 is 113 Å². The molecule has 0 radical (unpaired) electrons. The number of hydrogen-bond donors (Lipinski definition) is 12. The number of H-pyrrole nitrogens is 1. The Bertz CT molecular complexity index is 3010. The molecule has 4 aliphatic rings. The Labute approximate surface area is 394 Å². The van der Waals surface area contributed by atoms with Gasteiger partial charge < -0.3 is 75.7 Å². The average Bonchev–Trinajstić information content (AvgIpc) is 4.05. The number of aromatic amines is 1. The second-order valence-corrected chi connectivity index (χ2v) is 21.5. The van der Waals surface area contributed by atoms with E-state index in [1.54, 1.807) is 0 Å². The van der Waals surface area contributed by atoms with Gasteiger partial charge in [0, 0.05) is 19.0 Å². The van der Waals surface area contributed by atoms with Gasteiger partial charge in [0.1, 0.15) is 54.6 Å². The summed E-state index contributed by atoms with van der Waals surface area (Å²) in [5.41, 5.74) is 10.8. The zero-order chi connectivity index (χ0) is 51.7. The first-order chi connectivity index (χ1) is 33.2. The number of aliphatic hydroxyl groups excluding tert-OH is 4. The number of fused-ring (bicyclic) bond motifs is 2. The van der Waals surface area contributed by atoms with E-state index in [0.717, 1.165) is 33.8 Å². The number of aromatic nitrogens is 8. The van der Waals surface area contributed by atoms with E-state index >= 15 is 0 Å². The molecule has 8 heterocycles. The van der Waals surface area contributed by atoms with Gasteiger partial charge in [-0.05, 0) is 6.08 Å². The molecule has 16 atom stereocenters. The van der Waals surface area contributed by atoms with Gasteiger partial charge in [-0.1, -0.05) is 11.6 Å². The summed E-state index contributed by atoms with van der Waals surface area (Å²) in [6, 6.07) is -0.804. The Morgan fingerprint density at radius 2 is 1.49 bits per heavy atom. The van der Waals surface area contributed by atoms with Crippen molar-refractivity contribution in [2.45, 2.75) is 73.8 Å². The number of nitrogens with zero attached hydrogens (tertiary/aromatic N) is 8. The number of rotatable bonds is 18. The Morgan fingerprint density at radius 3 is 2.18 bits per heavy atom. The topological polar surface area (TPSA) is 505 Å². The number of nitrogen functional groups attached to an aromatic ring is 2. The molecule has 0 aliphatic carbocycles. The number of aryl methyl sites for hydroxylation is 1. The van der Waals surface area contributed by atoms with Gasteiger partial charge in [0.15, 0.2) is 36.4 Å². The van der Waals surface area contributed by atoms with Crippen molar-refractivity contribution in [2.24, 2.45) is 7.05 Å². The number of hydrogen-bond acceptors (Lipinski definition) is 26. The first kappa shape index (κ1) is 52.8. The van der Waals surface area contributed by atoms with Crippen molar-refractivity contribution >= 4 is 71.4 Å². The SMILES string of the molecule is C=C1C=CN(C2OC(COP(=O)(O)OC3C(OP(=O)(O)OP(=O)(O)OP(=O)(O)OCC4OC([n+]5cn(C)c6c(=O)[nH]c(N)nc65)C(O)C4O)OC(n4cnc5c(N)ncnc54)C3OC)C(O)C2O)C(=O)N1. The van der Waals surface area contributed by atoms with Gasteiger partial charge in [-0.15, -0.1) is 0 Å². The first-order valence-corrected chi connectivity index (χ1v) is 25.9. The normalized spacial score (nSPS) is 32.5. The highest BCUT2D eigenvalue weighted by Crippen LogP contribution is 2.68. The number of methoxy groups -OCH3 is 1. The number of amides is 2. The summed E-state index contributed by atoms with van der Waals surface area (Å²) in [4.78, 5) is 86.5. The maximum atomic E-state index is 13.5. The van der Waals surface area contributed by atoms with Crippen molar-refractivity contribution in [2.75, 3.05) is 31.8 Å². The number of carbonyl (C=O) groups is 1. The highest BCUT2D eigenvalue weighted by Gasteiger charge is 2.56. The predicted molar refractivity (Wildman–Crippen MR) is 225 cm³/mol. The van der Waals surface area contributed by atoms with Crippen molar-refractivity contribution in [3.05, 3.63) is 53.9 Å². The molecule has 0 aromatic carbocycles. The average molecular weight is 1090 g/mol. The minimum Gasteiger partial charge on any atom is -0.387 e. The lowest BCUT2D eigenvalue weighted by molar-refractivity contribution is -0.745. The van der Waals surface area contributed by atoms with Gasteiger partial charge in [0.05, 0.1) is 26.6 Å². The van der Waals surface area contributed by atoms with Crippen LogP contribution in [0.25, 0.3) is 22.3 Å². The second kappa shape index (κ2) is 19.7. The highest BCUT2D eigenvalue weighted by atomic mass is 31.3. The summed E-state index contributed by atoms with van der Waals surface area (Å²) in [6.07, 6.45) is -15.9. The number of nitrogens with two attached hydrogens (primary N) is 2. The number of anilines is 2. The monoisotopic (exact) mass is 1090 g/mol. The number of urea groups is 1. The molecule has 40 heteroatoms. The van der Waals surface area contributed by atoms with E-state index < -0.39 is 130 Å². The molecule has 8 rings (SSSR count). The van der Waals surface area contributed by atoms with Crippen LogP contribution in [0.2, 0.25) is 0 Å². The summed E-state index contributed by atoms with van der Waals surface area (Å²) in [5.74, 6) is -0.447. The molecule has 14 N–H and O–H groups in total. The molecule has 0 saturated carbocycles. The molecule has 16 unspecified atom stereocenters. The second-order valence-electron chi connectivity index (χ2n) is 15.5. The van der Waals surface area contributed by atoms with E-state index in [-0.39, 0.29) is 39.8 Å². The van der Waals surface area contributed by atoms with Crippen LogP contribution in [0.4, 0.5) is 16.6 Å². The molecular weight excluding hydrogens is 1050 g/mol. The molecule has 4 aromatic heterocycles. The highest BCUT2D eigenvalue weighted by molar-refractivity contribution is 7.66. The van der Waals surface area contributed by atoms with E-state index in [9.17, 15) is 67.8 Å². The number of nitrogens with one attached hydrogen (secondary N) is 2. The molecule has 36 nitrogen and oxygen atoms in total. The van der Waals surface area contributed by atoms with Crippen molar-refractivity contribution in [1.82, 2.24) is 44.3 Å². The molecule has 0 spiro atoms. The van der Waals surface area contributed by atoms with E-state index in [1.165, 1.54) is 30.2 Å². The van der Waals surface area contributed by atoms with Crippen LogP contribution in [-0.2, 0) is 71.0 Å². The van der Waals surface area contributed by atoms with E-state index in [1.807, 2.05) is 0 Å². The summed E-state index contributed by atoms with van der Waals surface area (Å²) >= 11 is 0. The number of allylic oxidation sites excluding steroid dienone is 1. The Morgan fingerprint density at radius 1 is 0.831 bits per heavy atom. The fourth-order valence-electron chi connectivity index (χ4n) is 7.63. The van der Waals surface area contributed by atoms with Crippen LogP contribution < -0.4 is 26.9 Å². The van der Waals surface area contributed by atoms with Gasteiger partial charge in [0.2, 0.25) is 18.0 Å². The fourth-order valence-corrected chi connectivity index (χ4v) is 12.1. The molecule has 71 heavy (non-hydrogen) atoms. The smallest absolute Gasteiger partial charge is 0.387 e. The number of phosphoric acid groups is 4. The Balaban J connectivity index is 0.951. The first-order valence-electron chi connectivity index (χ1n) is 19.9. The molecular formula is C31H43N12O24P4+. The quantitative estimate of drug-likeness (QED) is 0.0338. The number of ether oxygens (including phenoxy) is 4. The maximum absolute atomic E-state index is 13.5. The summed E-state index contributed by atoms with van der Waals surface area (Å²) in [6.45, 7) is 1.36. The van der Waals surface area contributed by atoms with Crippen molar-refractivity contribution in [3.63, 3.8) is 0 Å². The van der Waals surface area contributed by atoms with Crippen LogP contribution in [0, 0.1) is 0 Å². The summed E-state index contributed by atoms with van der Waals surface area (Å²) < 4.78 is 107. The van der Waals surface area contributed by atoms with Crippen LogP contribution in [-0.4, -0.2) is 167 Å². The number of carbonyl (C=O) groups excluding carboxylic acids is 1. The lowest BCUT2D eigenvalue weighted by Gasteiger charge is -2.30. The summed E-state index contributed by atoms with van der Waals surface area (Å²) in [5, 5.41) is 45.1. The van der Waals surface area contributed by atoms with Crippen LogP contribution in [0.1, 0.15) is 12.5 Å². The van der Waals surface area contributed by atoms with E-state index in [4.69, 9.17) is 44.0 Å². The van der Waals surface area contributed by atoms with E-state index in [2.05, 4.69) is 50.0 Å². The minimum atomic E-state index is -6.30. The van der Waals surface area contributed by atoms with Gasteiger partial charge in [-0.25, -0.2) is 42.6 Å². The largest absolute Gasteiger partial charge is 0.490 e. The van der Waals surface area contributed by atoms with Gasteiger partial charge in [-0.2, -0.15) is 8.62 Å². The van der Waals surface area contributed by atoms with Crippen molar-refractivity contribution in [1.29, 1.82) is 0 Å². The molecule has 0 bridgehead atoms. The molecule has 4 aliphatic heterocycles. The van der Waals surface area contributed by atoms with Crippen LogP contribution in [0.3, 0.4) is 0 Å². The number of aliphatic hydroxyl groups is 4. The zero-order valence-corrected chi connectivity index (χ0v) is 39.6. The third kappa shape index (κ3) is 10.9. The van der Waals surface area contributed by atoms with Crippen LogP contribution in [0.15, 0.2) is 48.3 Å². The predicted octanol–water partition coefficient (Wildman–Crippen LogP) is -3.59. The standard InChI is InChI=1S/C31H42N12O24P4/c1-11-4-5-41(31(49)37-11)26-18(46)16(44)12(61-26)6-59-68(50,51)64-21-20(58-3)28(42-9-36-14-22(32)34-8-35-23(14)42)63-29(21)65-70(54,55)67-71(56,57)66-69(52,53)60-7-13-17(45)19(47)27(62-13)43-10-40(2)15-24(43)38-30(33)39-25(15)48/h4-5,8-10,12-13,16-21,26-29,44-47H,1,6-7H2,2-3H3,(H9-,32,33,34,35,37,38,39,48,49,50,51,52,53,54,55,56,57)/p+1. The van der Waals surface area contributed by atoms with Crippen LogP contribution >= 0.6 is 31.3 Å². The molecule has 3 saturated heterocycles. The van der Waals surface area contributed by atoms with E-state index in [0.29, 0.717) is 0 Å². The lowest BCUT2D eigenvalue weighted by atomic mass is 10.1.